The van der Waals surface area contributed by atoms with Crippen molar-refractivity contribution in [1.29, 1.82) is 0 Å². The molecule has 3 heterocycles. The normalized spacial score (nSPS) is 23.2. The molecule has 32 heavy (non-hydrogen) atoms. The zero-order valence-corrected chi connectivity index (χ0v) is 19.6. The summed E-state index contributed by atoms with van der Waals surface area (Å²) in [6.07, 6.45) is 3.85. The van der Waals surface area contributed by atoms with Crippen molar-refractivity contribution >= 4 is 44.1 Å². The molecule has 0 aromatic carbocycles. The second kappa shape index (κ2) is 7.71. The summed E-state index contributed by atoms with van der Waals surface area (Å²) in [5.41, 5.74) is -0.687. The monoisotopic (exact) mass is 481 g/mol. The number of hydrogen-bond donors (Lipinski definition) is 1. The van der Waals surface area contributed by atoms with E-state index in [0.717, 1.165) is 20.5 Å². The molecule has 1 N–H and O–H groups in total. The first-order chi connectivity index (χ1) is 14.9. The molecule has 3 amide bonds. The van der Waals surface area contributed by atoms with Gasteiger partial charge in [-0.2, -0.15) is 0 Å². The molecule has 172 valence electrons. The quantitative estimate of drug-likeness (QED) is 0.614. The highest BCUT2D eigenvalue weighted by atomic mass is 32.2. The lowest BCUT2D eigenvalue weighted by molar-refractivity contribution is -0.114. The van der Waals surface area contributed by atoms with E-state index in [9.17, 15) is 22.8 Å². The van der Waals surface area contributed by atoms with Crippen LogP contribution in [0, 0.1) is 5.41 Å². The SMILES string of the molecule is CC(=O)Nc1scc2c1C(=O)N([C@H](CS(=O)(=O)N(C)C)C1(C)C=C3OCOC3=CC1)C2=O. The van der Waals surface area contributed by atoms with E-state index in [1.54, 1.807) is 19.1 Å². The maximum absolute atomic E-state index is 13.4. The Bertz CT molecular complexity index is 1180. The van der Waals surface area contributed by atoms with Gasteiger partial charge < -0.3 is 14.8 Å². The smallest absolute Gasteiger partial charge is 0.264 e. The van der Waals surface area contributed by atoms with E-state index in [1.807, 2.05) is 0 Å². The Morgan fingerprint density at radius 1 is 1.28 bits per heavy atom. The van der Waals surface area contributed by atoms with Crippen LogP contribution in [-0.4, -0.2) is 68.0 Å². The van der Waals surface area contributed by atoms with Crippen molar-refractivity contribution in [2.24, 2.45) is 5.41 Å². The molecular formula is C20H23N3O7S2. The Kier molecular flexibility index (Phi) is 5.42. The number of allylic oxidation sites excluding steroid dienone is 1. The molecule has 0 bridgehead atoms. The number of fused-ring (bicyclic) bond motifs is 2. The third-order valence-electron chi connectivity index (χ3n) is 5.82. The van der Waals surface area contributed by atoms with Crippen molar-refractivity contribution in [3.63, 3.8) is 0 Å². The van der Waals surface area contributed by atoms with E-state index in [1.165, 1.54) is 26.4 Å². The zero-order valence-electron chi connectivity index (χ0n) is 18.0. The van der Waals surface area contributed by atoms with Crippen LogP contribution in [0.25, 0.3) is 0 Å². The third-order valence-corrected chi connectivity index (χ3v) is 8.57. The van der Waals surface area contributed by atoms with Crippen molar-refractivity contribution < 1.29 is 32.3 Å². The Hall–Kier alpha value is -2.70. The molecule has 2 aliphatic heterocycles. The van der Waals surface area contributed by atoms with Gasteiger partial charge >= 0.3 is 0 Å². The molecular weight excluding hydrogens is 458 g/mol. The average molecular weight is 482 g/mol. The van der Waals surface area contributed by atoms with Crippen molar-refractivity contribution in [2.45, 2.75) is 26.3 Å². The van der Waals surface area contributed by atoms with E-state index >= 15 is 0 Å². The van der Waals surface area contributed by atoms with E-state index < -0.39 is 39.0 Å². The number of carbonyl (C=O) groups is 3. The summed E-state index contributed by atoms with van der Waals surface area (Å²) in [6.45, 7) is 3.14. The maximum atomic E-state index is 13.4. The minimum Gasteiger partial charge on any atom is -0.454 e. The highest BCUT2D eigenvalue weighted by Gasteiger charge is 2.51. The number of sulfonamides is 1. The Morgan fingerprint density at radius 3 is 2.62 bits per heavy atom. The molecule has 1 aromatic rings. The largest absolute Gasteiger partial charge is 0.454 e. The number of hydrogen-bond acceptors (Lipinski definition) is 8. The van der Waals surface area contributed by atoms with Gasteiger partial charge in [-0.15, -0.1) is 11.3 Å². The van der Waals surface area contributed by atoms with Gasteiger partial charge in [-0.3, -0.25) is 19.3 Å². The van der Waals surface area contributed by atoms with Gasteiger partial charge in [0.25, 0.3) is 11.8 Å². The number of ether oxygens (including phenoxy) is 2. The third kappa shape index (κ3) is 3.61. The fourth-order valence-electron chi connectivity index (χ4n) is 3.99. The van der Waals surface area contributed by atoms with Crippen LogP contribution in [0.15, 0.2) is 29.1 Å². The van der Waals surface area contributed by atoms with Crippen LogP contribution in [0.2, 0.25) is 0 Å². The fraction of sp³-hybridized carbons (Fsp3) is 0.450. The van der Waals surface area contributed by atoms with Crippen LogP contribution in [0.3, 0.4) is 0 Å². The first kappa shape index (κ1) is 22.5. The molecule has 12 heteroatoms. The van der Waals surface area contributed by atoms with Crippen LogP contribution >= 0.6 is 11.3 Å². The predicted molar refractivity (Wildman–Crippen MR) is 116 cm³/mol. The molecule has 1 aromatic heterocycles. The summed E-state index contributed by atoms with van der Waals surface area (Å²) in [7, 11) is -0.989. The lowest BCUT2D eigenvalue weighted by Gasteiger charge is -2.40. The van der Waals surface area contributed by atoms with Gasteiger partial charge in [0, 0.05) is 31.8 Å². The van der Waals surface area contributed by atoms with Gasteiger partial charge in [0.1, 0.15) is 5.00 Å². The molecule has 0 radical (unpaired) electrons. The van der Waals surface area contributed by atoms with Crippen LogP contribution in [0.4, 0.5) is 5.00 Å². The average Bonchev–Trinajstić information content (AvgIpc) is 3.37. The summed E-state index contributed by atoms with van der Waals surface area (Å²) in [6, 6.07) is -1.02. The van der Waals surface area contributed by atoms with Gasteiger partial charge in [0.2, 0.25) is 22.7 Å². The molecule has 1 saturated heterocycles. The molecule has 10 nitrogen and oxygen atoms in total. The topological polar surface area (TPSA) is 122 Å². The molecule has 1 fully saturated rings. The summed E-state index contributed by atoms with van der Waals surface area (Å²) in [4.78, 5) is 39.3. The van der Waals surface area contributed by atoms with Crippen molar-refractivity contribution in [2.75, 3.05) is 32.0 Å². The van der Waals surface area contributed by atoms with Gasteiger partial charge in [-0.25, -0.2) is 12.7 Å². The minimum atomic E-state index is -3.79. The van der Waals surface area contributed by atoms with Crippen molar-refractivity contribution in [3.05, 3.63) is 40.2 Å². The first-order valence-corrected chi connectivity index (χ1v) is 12.3. The molecule has 3 aliphatic rings. The standard InChI is InChI=1S/C20H23N3O7S2/c1-11(24)21-17-16-12(8-31-17)18(25)23(19(16)26)15(9-32(27,28)22(3)4)20(2)6-5-13-14(7-20)30-10-29-13/h5,7-8,15H,6,9-10H2,1-4H3,(H,21,24)/t15-,20?/m1/s1. The number of amides is 3. The van der Waals surface area contributed by atoms with Gasteiger partial charge in [-0.1, -0.05) is 6.92 Å². The minimum absolute atomic E-state index is 0.0487. The fourth-order valence-corrected chi connectivity index (χ4v) is 6.19. The second-order valence-electron chi connectivity index (χ2n) is 8.29. The van der Waals surface area contributed by atoms with Gasteiger partial charge in [-0.05, 0) is 18.6 Å². The van der Waals surface area contributed by atoms with Gasteiger partial charge in [0.15, 0.2) is 11.5 Å². The van der Waals surface area contributed by atoms with Crippen molar-refractivity contribution in [1.82, 2.24) is 9.21 Å². The molecule has 1 unspecified atom stereocenters. The van der Waals surface area contributed by atoms with Gasteiger partial charge in [0.05, 0.1) is 22.9 Å². The summed E-state index contributed by atoms with van der Waals surface area (Å²) < 4.78 is 37.7. The van der Waals surface area contributed by atoms with E-state index in [-0.39, 0.29) is 28.8 Å². The number of thiophene rings is 1. The maximum Gasteiger partial charge on any atom is 0.264 e. The molecule has 4 rings (SSSR count). The second-order valence-corrected chi connectivity index (χ2v) is 11.4. The summed E-state index contributed by atoms with van der Waals surface area (Å²) in [5, 5.41) is 4.35. The number of anilines is 1. The van der Waals surface area contributed by atoms with Crippen LogP contribution < -0.4 is 5.32 Å². The van der Waals surface area contributed by atoms with E-state index in [2.05, 4.69) is 5.32 Å². The number of imide groups is 1. The van der Waals surface area contributed by atoms with E-state index in [4.69, 9.17) is 9.47 Å². The summed E-state index contributed by atoms with van der Waals surface area (Å²) in [5.74, 6) is -1.05. The van der Waals surface area contributed by atoms with Crippen LogP contribution in [0.5, 0.6) is 0 Å². The van der Waals surface area contributed by atoms with E-state index in [0.29, 0.717) is 17.9 Å². The lowest BCUT2D eigenvalue weighted by atomic mass is 9.76. The predicted octanol–water partition coefficient (Wildman–Crippen LogP) is 1.74. The summed E-state index contributed by atoms with van der Waals surface area (Å²) >= 11 is 1.08. The molecule has 0 saturated carbocycles. The molecule has 2 atom stereocenters. The Balaban J connectivity index is 1.78. The first-order valence-electron chi connectivity index (χ1n) is 9.81. The number of nitrogens with zero attached hydrogens (tertiary/aromatic N) is 2. The zero-order chi connectivity index (χ0) is 23.4. The number of carbonyl (C=O) groups excluding carboxylic acids is 3. The van der Waals surface area contributed by atoms with Crippen LogP contribution in [-0.2, 0) is 24.3 Å². The number of rotatable bonds is 6. The molecule has 0 spiro atoms. The number of nitrogens with one attached hydrogen (secondary N) is 1. The Labute approximate surface area is 189 Å². The molecule has 1 aliphatic carbocycles. The Morgan fingerprint density at radius 2 is 1.97 bits per heavy atom. The lowest BCUT2D eigenvalue weighted by Crippen LogP contribution is -2.54. The van der Waals surface area contributed by atoms with Crippen molar-refractivity contribution in [3.8, 4) is 0 Å². The highest BCUT2D eigenvalue weighted by Crippen LogP contribution is 2.45. The highest BCUT2D eigenvalue weighted by molar-refractivity contribution is 7.89. The van der Waals surface area contributed by atoms with Crippen LogP contribution in [0.1, 0.15) is 41.0 Å².